The number of rotatable bonds is 4. The van der Waals surface area contributed by atoms with E-state index >= 15 is 0 Å². The molecule has 2 rings (SSSR count). The highest BCUT2D eigenvalue weighted by atomic mass is 16.5. The van der Waals surface area contributed by atoms with Crippen molar-refractivity contribution >= 4 is 5.97 Å². The third-order valence-electron chi connectivity index (χ3n) is 2.81. The Labute approximate surface area is 95.0 Å². The van der Waals surface area contributed by atoms with Crippen LogP contribution in [0.4, 0.5) is 0 Å². The van der Waals surface area contributed by atoms with Crippen LogP contribution in [0.15, 0.2) is 18.5 Å². The maximum absolute atomic E-state index is 11.7. The normalized spacial score (nSPS) is 16.9. The molecule has 1 unspecified atom stereocenters. The number of nitrogens with zero attached hydrogens (tertiary/aromatic N) is 1. The Bertz CT molecular complexity index is 388. The van der Waals surface area contributed by atoms with E-state index in [1.807, 2.05) is 13.0 Å². The fraction of sp³-hybridized carbons (Fsp3) is 0.500. The van der Waals surface area contributed by atoms with E-state index in [1.165, 1.54) is 7.11 Å². The Morgan fingerprint density at radius 3 is 2.94 bits per heavy atom. The Balaban J connectivity index is 2.22. The molecule has 0 radical (unpaired) electrons. The van der Waals surface area contributed by atoms with Gasteiger partial charge in [-0.2, -0.15) is 0 Å². The van der Waals surface area contributed by atoms with Crippen LogP contribution < -0.4 is 5.32 Å². The summed E-state index contributed by atoms with van der Waals surface area (Å²) >= 11 is 0. The number of esters is 1. The molecule has 4 nitrogen and oxygen atoms in total. The van der Waals surface area contributed by atoms with Gasteiger partial charge in [0.15, 0.2) is 0 Å². The first-order chi connectivity index (χ1) is 7.72. The van der Waals surface area contributed by atoms with E-state index in [1.54, 1.807) is 12.4 Å². The van der Waals surface area contributed by atoms with Crippen molar-refractivity contribution in [1.29, 1.82) is 0 Å². The fourth-order valence-electron chi connectivity index (χ4n) is 1.67. The lowest BCUT2D eigenvalue weighted by atomic mass is 10.0. The molecule has 0 saturated heterocycles. The van der Waals surface area contributed by atoms with Gasteiger partial charge in [0, 0.05) is 24.0 Å². The third kappa shape index (κ3) is 2.39. The van der Waals surface area contributed by atoms with Gasteiger partial charge >= 0.3 is 5.97 Å². The first-order valence-corrected chi connectivity index (χ1v) is 5.46. The minimum Gasteiger partial charge on any atom is -0.468 e. The van der Waals surface area contributed by atoms with E-state index in [-0.39, 0.29) is 12.0 Å². The van der Waals surface area contributed by atoms with Crippen LogP contribution in [-0.2, 0) is 9.53 Å². The van der Waals surface area contributed by atoms with Crippen molar-refractivity contribution in [2.75, 3.05) is 7.11 Å². The molecule has 1 saturated carbocycles. The van der Waals surface area contributed by atoms with Crippen molar-refractivity contribution in [3.63, 3.8) is 0 Å². The summed E-state index contributed by atoms with van der Waals surface area (Å²) in [6, 6.07) is 1.97. The van der Waals surface area contributed by atoms with Crippen molar-refractivity contribution in [1.82, 2.24) is 10.3 Å². The molecule has 1 heterocycles. The van der Waals surface area contributed by atoms with Gasteiger partial charge in [-0.15, -0.1) is 0 Å². The molecule has 1 aliphatic carbocycles. The summed E-state index contributed by atoms with van der Waals surface area (Å²) < 4.78 is 4.82. The fourth-order valence-corrected chi connectivity index (χ4v) is 1.67. The highest BCUT2D eigenvalue weighted by Gasteiger charge is 2.30. The highest BCUT2D eigenvalue weighted by Crippen LogP contribution is 2.26. The number of hydrogen-bond donors (Lipinski definition) is 1. The van der Waals surface area contributed by atoms with Gasteiger partial charge in [0.25, 0.3) is 0 Å². The minimum atomic E-state index is -0.383. The molecule has 1 aromatic rings. The van der Waals surface area contributed by atoms with E-state index in [9.17, 15) is 4.79 Å². The van der Waals surface area contributed by atoms with Crippen LogP contribution in [-0.4, -0.2) is 24.1 Å². The average Bonchev–Trinajstić information content (AvgIpc) is 3.10. The van der Waals surface area contributed by atoms with Gasteiger partial charge in [0.2, 0.25) is 0 Å². The Kier molecular flexibility index (Phi) is 3.19. The number of carbonyl (C=O) groups is 1. The monoisotopic (exact) mass is 220 g/mol. The predicted octanol–water partition coefficient (Wildman–Crippen LogP) is 1.36. The highest BCUT2D eigenvalue weighted by molar-refractivity contribution is 5.78. The molecule has 0 spiro atoms. The molecular weight excluding hydrogens is 204 g/mol. The van der Waals surface area contributed by atoms with Crippen molar-refractivity contribution in [3.8, 4) is 0 Å². The molecule has 16 heavy (non-hydrogen) atoms. The van der Waals surface area contributed by atoms with Crippen LogP contribution in [0.3, 0.4) is 0 Å². The summed E-state index contributed by atoms with van der Waals surface area (Å²) in [5.74, 6) is -0.247. The quantitative estimate of drug-likeness (QED) is 0.778. The van der Waals surface area contributed by atoms with Gasteiger partial charge in [-0.3, -0.25) is 10.3 Å². The smallest absolute Gasteiger partial charge is 0.327 e. The lowest BCUT2D eigenvalue weighted by molar-refractivity contribution is -0.143. The molecule has 0 bridgehead atoms. The van der Waals surface area contributed by atoms with Crippen LogP contribution in [0.1, 0.15) is 30.0 Å². The van der Waals surface area contributed by atoms with E-state index in [2.05, 4.69) is 10.3 Å². The van der Waals surface area contributed by atoms with E-state index in [0.29, 0.717) is 6.04 Å². The summed E-state index contributed by atoms with van der Waals surface area (Å²) in [6.07, 6.45) is 5.72. The van der Waals surface area contributed by atoms with Crippen LogP contribution in [0.2, 0.25) is 0 Å². The minimum absolute atomic E-state index is 0.247. The SMILES string of the molecule is COC(=O)C(NC1CC1)c1cnccc1C. The molecule has 4 heteroatoms. The van der Waals surface area contributed by atoms with Gasteiger partial charge in [0.05, 0.1) is 7.11 Å². The molecule has 0 amide bonds. The zero-order chi connectivity index (χ0) is 11.5. The number of aromatic nitrogens is 1. The van der Waals surface area contributed by atoms with Gasteiger partial charge in [-0.05, 0) is 31.4 Å². The first-order valence-electron chi connectivity index (χ1n) is 5.46. The number of methoxy groups -OCH3 is 1. The van der Waals surface area contributed by atoms with Gasteiger partial charge in [-0.1, -0.05) is 0 Å². The van der Waals surface area contributed by atoms with Crippen molar-refractivity contribution in [3.05, 3.63) is 29.6 Å². The standard InChI is InChI=1S/C12H16N2O2/c1-8-5-6-13-7-10(8)11(12(15)16-2)14-9-3-4-9/h5-7,9,11,14H,3-4H2,1-2H3. The predicted molar refractivity (Wildman–Crippen MR) is 59.9 cm³/mol. The number of ether oxygens (including phenoxy) is 1. The number of hydrogen-bond acceptors (Lipinski definition) is 4. The molecule has 1 aliphatic rings. The average molecular weight is 220 g/mol. The Morgan fingerprint density at radius 1 is 1.62 bits per heavy atom. The van der Waals surface area contributed by atoms with Crippen LogP contribution in [0.25, 0.3) is 0 Å². The second-order valence-corrected chi connectivity index (χ2v) is 4.13. The van der Waals surface area contributed by atoms with E-state index in [0.717, 1.165) is 24.0 Å². The van der Waals surface area contributed by atoms with Crippen molar-refractivity contribution < 1.29 is 9.53 Å². The number of aryl methyl sites for hydroxylation is 1. The van der Waals surface area contributed by atoms with Gasteiger partial charge in [-0.25, -0.2) is 4.79 Å². The Hall–Kier alpha value is -1.42. The molecule has 1 aromatic heterocycles. The summed E-state index contributed by atoms with van der Waals surface area (Å²) in [5.41, 5.74) is 1.96. The largest absolute Gasteiger partial charge is 0.468 e. The van der Waals surface area contributed by atoms with Crippen LogP contribution in [0, 0.1) is 6.92 Å². The maximum Gasteiger partial charge on any atom is 0.327 e. The molecule has 1 fully saturated rings. The molecule has 86 valence electrons. The molecule has 1 atom stereocenters. The molecule has 0 aromatic carbocycles. The topological polar surface area (TPSA) is 51.2 Å². The summed E-state index contributed by atoms with van der Waals surface area (Å²) in [5, 5.41) is 3.28. The third-order valence-corrected chi connectivity index (χ3v) is 2.81. The Morgan fingerprint density at radius 2 is 2.38 bits per heavy atom. The number of nitrogens with one attached hydrogen (secondary N) is 1. The number of carbonyl (C=O) groups excluding carboxylic acids is 1. The lowest BCUT2D eigenvalue weighted by Gasteiger charge is -2.17. The second kappa shape index (κ2) is 4.61. The zero-order valence-electron chi connectivity index (χ0n) is 9.56. The lowest BCUT2D eigenvalue weighted by Crippen LogP contribution is -2.31. The van der Waals surface area contributed by atoms with Crippen molar-refractivity contribution in [2.45, 2.75) is 31.8 Å². The van der Waals surface area contributed by atoms with Gasteiger partial charge in [0.1, 0.15) is 6.04 Å². The zero-order valence-corrected chi connectivity index (χ0v) is 9.56. The van der Waals surface area contributed by atoms with Crippen molar-refractivity contribution in [2.24, 2.45) is 0 Å². The summed E-state index contributed by atoms with van der Waals surface area (Å²) in [6.45, 7) is 1.97. The molecule has 0 aliphatic heterocycles. The van der Waals surface area contributed by atoms with Crippen LogP contribution >= 0.6 is 0 Å². The van der Waals surface area contributed by atoms with E-state index < -0.39 is 0 Å². The number of pyridine rings is 1. The molecular formula is C12H16N2O2. The van der Waals surface area contributed by atoms with E-state index in [4.69, 9.17) is 4.74 Å². The maximum atomic E-state index is 11.7. The van der Waals surface area contributed by atoms with Crippen LogP contribution in [0.5, 0.6) is 0 Å². The summed E-state index contributed by atoms with van der Waals surface area (Å²) in [4.78, 5) is 15.8. The molecule has 1 N–H and O–H groups in total. The second-order valence-electron chi connectivity index (χ2n) is 4.13. The summed E-state index contributed by atoms with van der Waals surface area (Å²) in [7, 11) is 1.41. The van der Waals surface area contributed by atoms with Gasteiger partial charge < -0.3 is 4.74 Å². The first kappa shape index (κ1) is 11.1.